The van der Waals surface area contributed by atoms with Gasteiger partial charge < -0.3 is 5.11 Å². The lowest BCUT2D eigenvalue weighted by atomic mass is 9.84. The van der Waals surface area contributed by atoms with Crippen LogP contribution in [0.3, 0.4) is 0 Å². The smallest absolute Gasteiger partial charge is 0.419 e. The average molecular weight is 516 g/mol. The first-order valence-corrected chi connectivity index (χ1v) is 12.3. The molecule has 2 fully saturated rings. The van der Waals surface area contributed by atoms with Crippen molar-refractivity contribution in [3.05, 3.63) is 94.6 Å². The SMILES string of the molecule is O=C(O)C1(c2ccc(C(c3ccc(F)cc3)N3CCCCC3)c(-c3ccc(C(F)(F)F)c(F)c3)c2)CC1. The van der Waals surface area contributed by atoms with E-state index in [1.807, 2.05) is 0 Å². The zero-order chi connectivity index (χ0) is 26.4. The molecule has 0 aromatic heterocycles. The van der Waals surface area contributed by atoms with E-state index in [2.05, 4.69) is 4.90 Å². The molecule has 1 unspecified atom stereocenters. The summed E-state index contributed by atoms with van der Waals surface area (Å²) < 4.78 is 68.3. The van der Waals surface area contributed by atoms with Gasteiger partial charge in [0.25, 0.3) is 0 Å². The monoisotopic (exact) mass is 515 g/mol. The Kier molecular flexibility index (Phi) is 6.56. The van der Waals surface area contributed by atoms with Crippen molar-refractivity contribution < 1.29 is 31.9 Å². The third kappa shape index (κ3) is 4.87. The Hall–Kier alpha value is -3.26. The molecule has 0 spiro atoms. The van der Waals surface area contributed by atoms with E-state index in [0.717, 1.165) is 50.0 Å². The van der Waals surface area contributed by atoms with Crippen molar-refractivity contribution in [2.45, 2.75) is 49.7 Å². The molecule has 1 saturated heterocycles. The number of benzene rings is 3. The highest BCUT2D eigenvalue weighted by Gasteiger charge is 2.52. The fourth-order valence-corrected chi connectivity index (χ4v) is 5.41. The Morgan fingerprint density at radius 2 is 1.57 bits per heavy atom. The number of carboxylic acid groups (broad SMARTS) is 1. The summed E-state index contributed by atoms with van der Waals surface area (Å²) in [5.74, 6) is -2.74. The number of aliphatic carboxylic acids is 1. The van der Waals surface area contributed by atoms with Crippen molar-refractivity contribution in [2.24, 2.45) is 0 Å². The maximum atomic E-state index is 14.7. The first-order chi connectivity index (χ1) is 17.6. The topological polar surface area (TPSA) is 40.5 Å². The van der Waals surface area contributed by atoms with Gasteiger partial charge in [-0.15, -0.1) is 0 Å². The molecule has 194 valence electrons. The van der Waals surface area contributed by atoms with Gasteiger partial charge in [0.2, 0.25) is 0 Å². The van der Waals surface area contributed by atoms with Gasteiger partial charge in [0.15, 0.2) is 0 Å². The van der Waals surface area contributed by atoms with Gasteiger partial charge in [0.05, 0.1) is 17.0 Å². The summed E-state index contributed by atoms with van der Waals surface area (Å²) in [7, 11) is 0. The first kappa shape index (κ1) is 25.4. The average Bonchev–Trinajstić information content (AvgIpc) is 3.68. The van der Waals surface area contributed by atoms with Gasteiger partial charge in [0.1, 0.15) is 11.6 Å². The van der Waals surface area contributed by atoms with E-state index in [1.54, 1.807) is 30.3 Å². The fraction of sp³-hybridized carbons (Fsp3) is 0.345. The molecule has 3 aromatic carbocycles. The lowest BCUT2D eigenvalue weighted by Crippen LogP contribution is -2.34. The zero-order valence-corrected chi connectivity index (χ0v) is 20.0. The normalized spacial score (nSPS) is 18.4. The van der Waals surface area contributed by atoms with Gasteiger partial charge in [-0.05, 0) is 96.9 Å². The van der Waals surface area contributed by atoms with Gasteiger partial charge in [-0.25, -0.2) is 8.78 Å². The standard InChI is InChI=1S/C29H26F5NO2/c30-21-8-4-18(5-9-21)26(35-14-2-1-3-15-35)22-10-7-20(28(12-13-28)27(36)37)17-23(22)19-6-11-24(25(31)16-19)29(32,33)34/h4-11,16-17,26H,1-3,12-15H2,(H,36,37). The van der Waals surface area contributed by atoms with E-state index in [9.17, 15) is 31.9 Å². The van der Waals surface area contributed by atoms with Crippen LogP contribution in [-0.2, 0) is 16.4 Å². The van der Waals surface area contributed by atoms with Crippen molar-refractivity contribution >= 4 is 5.97 Å². The zero-order valence-electron chi connectivity index (χ0n) is 20.0. The van der Waals surface area contributed by atoms with Crippen LogP contribution in [0.2, 0.25) is 0 Å². The molecule has 37 heavy (non-hydrogen) atoms. The second-order valence-corrected chi connectivity index (χ2v) is 9.93. The summed E-state index contributed by atoms with van der Waals surface area (Å²) >= 11 is 0. The summed E-state index contributed by atoms with van der Waals surface area (Å²) in [4.78, 5) is 14.3. The Balaban J connectivity index is 1.70. The second-order valence-electron chi connectivity index (χ2n) is 9.93. The quantitative estimate of drug-likeness (QED) is 0.349. The number of carbonyl (C=O) groups is 1. The minimum Gasteiger partial charge on any atom is -0.481 e. The number of halogens is 5. The highest BCUT2D eigenvalue weighted by molar-refractivity contribution is 5.86. The molecule has 1 saturated carbocycles. The van der Waals surface area contributed by atoms with Gasteiger partial charge in [0, 0.05) is 0 Å². The van der Waals surface area contributed by atoms with Crippen LogP contribution in [0.4, 0.5) is 22.0 Å². The van der Waals surface area contributed by atoms with Crippen LogP contribution in [0.1, 0.15) is 60.4 Å². The summed E-state index contributed by atoms with van der Waals surface area (Å²) in [5, 5.41) is 9.85. The Labute approximate surface area is 211 Å². The number of rotatable bonds is 6. The number of hydrogen-bond acceptors (Lipinski definition) is 2. The Bertz CT molecular complexity index is 1310. The minimum atomic E-state index is -4.83. The lowest BCUT2D eigenvalue weighted by Gasteiger charge is -2.36. The summed E-state index contributed by atoms with van der Waals surface area (Å²) in [5.41, 5.74) is 0.334. The summed E-state index contributed by atoms with van der Waals surface area (Å²) in [6.45, 7) is 1.54. The molecule has 1 N–H and O–H groups in total. The van der Waals surface area contributed by atoms with Crippen LogP contribution in [0.5, 0.6) is 0 Å². The van der Waals surface area contributed by atoms with Crippen molar-refractivity contribution in [3.8, 4) is 11.1 Å². The molecule has 1 aliphatic carbocycles. The van der Waals surface area contributed by atoms with Crippen LogP contribution in [0.15, 0.2) is 60.7 Å². The van der Waals surface area contributed by atoms with Gasteiger partial charge in [-0.2, -0.15) is 13.2 Å². The van der Waals surface area contributed by atoms with E-state index in [1.165, 1.54) is 18.2 Å². The number of piperidine rings is 1. The van der Waals surface area contributed by atoms with E-state index < -0.39 is 34.8 Å². The van der Waals surface area contributed by atoms with Crippen LogP contribution >= 0.6 is 0 Å². The first-order valence-electron chi connectivity index (χ1n) is 12.3. The highest BCUT2D eigenvalue weighted by atomic mass is 19.4. The molecule has 0 radical (unpaired) electrons. The third-order valence-electron chi connectivity index (χ3n) is 7.59. The molecule has 8 heteroatoms. The molecule has 0 bridgehead atoms. The molecule has 2 aliphatic rings. The molecular formula is C29H26F5NO2. The van der Waals surface area contributed by atoms with E-state index in [4.69, 9.17) is 0 Å². The van der Waals surface area contributed by atoms with Crippen molar-refractivity contribution in [3.63, 3.8) is 0 Å². The van der Waals surface area contributed by atoms with E-state index >= 15 is 0 Å². The highest BCUT2D eigenvalue weighted by Crippen LogP contribution is 2.50. The molecule has 5 rings (SSSR count). The van der Waals surface area contributed by atoms with E-state index in [-0.39, 0.29) is 11.6 Å². The predicted molar refractivity (Wildman–Crippen MR) is 129 cm³/mol. The summed E-state index contributed by atoms with van der Waals surface area (Å²) in [6.07, 6.45) is -0.931. The number of hydrogen-bond donors (Lipinski definition) is 1. The van der Waals surface area contributed by atoms with Crippen molar-refractivity contribution in [2.75, 3.05) is 13.1 Å². The Morgan fingerprint density at radius 3 is 2.14 bits per heavy atom. The maximum absolute atomic E-state index is 14.7. The molecule has 3 nitrogen and oxygen atoms in total. The van der Waals surface area contributed by atoms with Crippen LogP contribution in [0, 0.1) is 11.6 Å². The van der Waals surface area contributed by atoms with Crippen molar-refractivity contribution in [1.82, 2.24) is 4.90 Å². The minimum absolute atomic E-state index is 0.229. The fourth-order valence-electron chi connectivity index (χ4n) is 5.41. The molecule has 1 heterocycles. The maximum Gasteiger partial charge on any atom is 0.419 e. The molecule has 3 aromatic rings. The number of likely N-dealkylation sites (tertiary alicyclic amines) is 1. The molecule has 1 aliphatic heterocycles. The molecule has 1 atom stereocenters. The van der Waals surface area contributed by atoms with Gasteiger partial charge in [-0.1, -0.05) is 36.8 Å². The number of alkyl halides is 3. The predicted octanol–water partition coefficient (Wildman–Crippen LogP) is 7.34. The molecular weight excluding hydrogens is 489 g/mol. The largest absolute Gasteiger partial charge is 0.481 e. The Morgan fingerprint density at radius 1 is 0.892 bits per heavy atom. The van der Waals surface area contributed by atoms with Crippen LogP contribution in [0.25, 0.3) is 11.1 Å². The number of nitrogens with zero attached hydrogens (tertiary/aromatic N) is 1. The van der Waals surface area contributed by atoms with Crippen LogP contribution < -0.4 is 0 Å². The third-order valence-corrected chi connectivity index (χ3v) is 7.59. The summed E-state index contributed by atoms with van der Waals surface area (Å²) in [6, 6.07) is 13.8. The van der Waals surface area contributed by atoms with Crippen molar-refractivity contribution in [1.29, 1.82) is 0 Å². The van der Waals surface area contributed by atoms with Crippen LogP contribution in [-0.4, -0.2) is 29.1 Å². The second kappa shape index (κ2) is 9.56. The van der Waals surface area contributed by atoms with E-state index in [0.29, 0.717) is 29.5 Å². The van der Waals surface area contributed by atoms with Gasteiger partial charge >= 0.3 is 12.1 Å². The lowest BCUT2D eigenvalue weighted by molar-refractivity contribution is -0.140. The molecule has 0 amide bonds. The van der Waals surface area contributed by atoms with Gasteiger partial charge in [-0.3, -0.25) is 9.69 Å². The number of carboxylic acids is 1.